The lowest BCUT2D eigenvalue weighted by atomic mass is 10.0. The molecule has 0 unspecified atom stereocenters. The monoisotopic (exact) mass is 328 g/mol. The Labute approximate surface area is 131 Å². The third kappa shape index (κ3) is 6.91. The Bertz CT molecular complexity index is 584. The zero-order valence-corrected chi connectivity index (χ0v) is 14.0. The fourth-order valence-electron chi connectivity index (χ4n) is 1.83. The summed E-state index contributed by atoms with van der Waals surface area (Å²) in [4.78, 5) is 11.7. The van der Waals surface area contributed by atoms with Crippen molar-refractivity contribution in [3.63, 3.8) is 0 Å². The van der Waals surface area contributed by atoms with Crippen molar-refractivity contribution in [1.29, 1.82) is 0 Å². The van der Waals surface area contributed by atoms with Gasteiger partial charge in [-0.25, -0.2) is 13.2 Å². The van der Waals surface area contributed by atoms with E-state index in [4.69, 9.17) is 0 Å². The van der Waals surface area contributed by atoms with E-state index in [1.807, 2.05) is 13.8 Å². The van der Waals surface area contributed by atoms with E-state index in [1.54, 1.807) is 24.3 Å². The molecular formula is C15H24N2O4S. The van der Waals surface area contributed by atoms with Gasteiger partial charge in [0.25, 0.3) is 0 Å². The van der Waals surface area contributed by atoms with E-state index in [0.29, 0.717) is 11.3 Å². The molecule has 0 heterocycles. The Kier molecular flexibility index (Phi) is 6.83. The number of nitrogens with one attached hydrogen (secondary N) is 2. The van der Waals surface area contributed by atoms with Crippen LogP contribution in [0.5, 0.6) is 0 Å². The van der Waals surface area contributed by atoms with Crippen molar-refractivity contribution in [2.45, 2.75) is 32.1 Å². The van der Waals surface area contributed by atoms with E-state index >= 15 is 0 Å². The maximum Gasteiger partial charge on any atom is 0.319 e. The van der Waals surface area contributed by atoms with E-state index < -0.39 is 22.0 Å². The van der Waals surface area contributed by atoms with Crippen LogP contribution in [0.25, 0.3) is 0 Å². The van der Waals surface area contributed by atoms with Crippen LogP contribution in [0.3, 0.4) is 0 Å². The molecule has 0 radical (unpaired) electrons. The third-order valence-electron chi connectivity index (χ3n) is 3.41. The van der Waals surface area contributed by atoms with E-state index in [0.717, 1.165) is 6.42 Å². The number of urea groups is 1. The second-order valence-corrected chi connectivity index (χ2v) is 7.70. The first-order valence-corrected chi connectivity index (χ1v) is 9.27. The highest BCUT2D eigenvalue weighted by Crippen LogP contribution is 2.12. The first kappa shape index (κ1) is 18.4. The highest BCUT2D eigenvalue weighted by molar-refractivity contribution is 7.89. The summed E-state index contributed by atoms with van der Waals surface area (Å²) in [5, 5.41) is 15.0. The van der Waals surface area contributed by atoms with Gasteiger partial charge in [-0.2, -0.15) is 0 Å². The lowest BCUT2D eigenvalue weighted by Crippen LogP contribution is -2.37. The first-order valence-electron chi connectivity index (χ1n) is 7.21. The molecule has 0 fully saturated rings. The molecule has 0 bridgehead atoms. The Morgan fingerprint density at radius 1 is 1.27 bits per heavy atom. The number of amides is 2. The summed E-state index contributed by atoms with van der Waals surface area (Å²) in [5.41, 5.74) is 1.23. The van der Waals surface area contributed by atoms with Crippen LogP contribution < -0.4 is 10.6 Å². The molecule has 2 amide bonds. The molecule has 0 saturated heterocycles. The molecule has 0 aliphatic heterocycles. The molecule has 3 N–H and O–H groups in total. The van der Waals surface area contributed by atoms with Crippen LogP contribution in [0.1, 0.15) is 25.8 Å². The number of benzene rings is 1. The summed E-state index contributed by atoms with van der Waals surface area (Å²) in [7, 11) is -3.07. The summed E-state index contributed by atoms with van der Waals surface area (Å²) in [6.45, 7) is 4.09. The van der Waals surface area contributed by atoms with Gasteiger partial charge in [-0.1, -0.05) is 32.4 Å². The van der Waals surface area contributed by atoms with Crippen LogP contribution in [0, 0.1) is 5.92 Å². The molecule has 6 nitrogen and oxygen atoms in total. The minimum absolute atomic E-state index is 0.0272. The molecule has 7 heteroatoms. The van der Waals surface area contributed by atoms with Gasteiger partial charge in [0, 0.05) is 18.5 Å². The Morgan fingerprint density at radius 3 is 2.36 bits per heavy atom. The highest BCUT2D eigenvalue weighted by atomic mass is 32.2. The average molecular weight is 328 g/mol. The van der Waals surface area contributed by atoms with Crippen LogP contribution in [0.2, 0.25) is 0 Å². The lowest BCUT2D eigenvalue weighted by Gasteiger charge is -2.17. The summed E-state index contributed by atoms with van der Waals surface area (Å²) >= 11 is 0. The molecule has 1 rings (SSSR count). The summed E-state index contributed by atoms with van der Waals surface area (Å²) in [6, 6.07) is 6.20. The zero-order valence-electron chi connectivity index (χ0n) is 13.2. The van der Waals surface area contributed by atoms with Crippen LogP contribution in [0.15, 0.2) is 24.3 Å². The second-order valence-electron chi connectivity index (χ2n) is 5.55. The van der Waals surface area contributed by atoms with Crippen LogP contribution in [-0.2, 0) is 15.6 Å². The second kappa shape index (κ2) is 8.14. The normalized spacial score (nSPS) is 14.2. The first-order chi connectivity index (χ1) is 10.2. The SMILES string of the molecule is CC[C@@H](C)[C@@H](O)CNC(=O)Nc1ccc(CS(C)(=O)=O)cc1. The largest absolute Gasteiger partial charge is 0.391 e. The molecule has 1 aromatic rings. The van der Waals surface area contributed by atoms with Crippen molar-refractivity contribution in [3.05, 3.63) is 29.8 Å². The maximum atomic E-state index is 11.7. The summed E-state index contributed by atoms with van der Waals surface area (Å²) in [6.07, 6.45) is 1.44. The van der Waals surface area contributed by atoms with Gasteiger partial charge in [0.15, 0.2) is 9.84 Å². The van der Waals surface area contributed by atoms with E-state index in [2.05, 4.69) is 10.6 Å². The van der Waals surface area contributed by atoms with Crippen LogP contribution >= 0.6 is 0 Å². The van der Waals surface area contributed by atoms with Gasteiger partial charge in [0.05, 0.1) is 11.9 Å². The van der Waals surface area contributed by atoms with Gasteiger partial charge < -0.3 is 15.7 Å². The lowest BCUT2D eigenvalue weighted by molar-refractivity contribution is 0.115. The molecule has 2 atom stereocenters. The summed E-state index contributed by atoms with van der Waals surface area (Å²) < 4.78 is 22.4. The zero-order chi connectivity index (χ0) is 16.8. The standard InChI is InChI=1S/C15H24N2O4S/c1-4-11(2)14(18)9-16-15(19)17-13-7-5-12(6-8-13)10-22(3,20)21/h5-8,11,14,18H,4,9-10H2,1-3H3,(H2,16,17,19)/t11-,14+/m1/s1. The molecule has 1 aromatic carbocycles. The number of hydrogen-bond donors (Lipinski definition) is 3. The fraction of sp³-hybridized carbons (Fsp3) is 0.533. The van der Waals surface area contributed by atoms with Gasteiger partial charge in [0.1, 0.15) is 0 Å². The highest BCUT2D eigenvalue weighted by Gasteiger charge is 2.13. The van der Waals surface area contributed by atoms with Crippen molar-refractivity contribution in [2.24, 2.45) is 5.92 Å². The topological polar surface area (TPSA) is 95.5 Å². The smallest absolute Gasteiger partial charge is 0.319 e. The maximum absolute atomic E-state index is 11.7. The van der Waals surface area contributed by atoms with E-state index in [1.165, 1.54) is 6.26 Å². The number of carbonyl (C=O) groups excluding carboxylic acids is 1. The number of aliphatic hydroxyl groups is 1. The van der Waals surface area contributed by atoms with E-state index in [-0.39, 0.29) is 18.2 Å². The van der Waals surface area contributed by atoms with Gasteiger partial charge in [-0.15, -0.1) is 0 Å². The number of hydrogen-bond acceptors (Lipinski definition) is 4. The van der Waals surface area contributed by atoms with Gasteiger partial charge in [0.2, 0.25) is 0 Å². The molecule has 0 aliphatic carbocycles. The predicted molar refractivity (Wildman–Crippen MR) is 87.5 cm³/mol. The molecule has 124 valence electrons. The molecule has 0 spiro atoms. The summed E-state index contributed by atoms with van der Waals surface area (Å²) in [5.74, 6) is 0.0937. The van der Waals surface area contributed by atoms with Crippen molar-refractivity contribution < 1.29 is 18.3 Å². The van der Waals surface area contributed by atoms with Crippen molar-refractivity contribution in [3.8, 4) is 0 Å². The number of rotatable bonds is 7. The van der Waals surface area contributed by atoms with Gasteiger partial charge >= 0.3 is 6.03 Å². The average Bonchev–Trinajstić information content (AvgIpc) is 2.44. The number of anilines is 1. The minimum atomic E-state index is -3.07. The molecule has 0 aliphatic rings. The van der Waals surface area contributed by atoms with Crippen molar-refractivity contribution in [1.82, 2.24) is 5.32 Å². The third-order valence-corrected chi connectivity index (χ3v) is 4.27. The van der Waals surface area contributed by atoms with E-state index in [9.17, 15) is 18.3 Å². The quantitative estimate of drug-likeness (QED) is 0.710. The Hall–Kier alpha value is -1.60. The minimum Gasteiger partial charge on any atom is -0.391 e. The fourth-order valence-corrected chi connectivity index (χ4v) is 2.63. The predicted octanol–water partition coefficient (Wildman–Crippen LogP) is 1.76. The van der Waals surface area contributed by atoms with Crippen LogP contribution in [-0.4, -0.2) is 38.5 Å². The molecular weight excluding hydrogens is 304 g/mol. The van der Waals surface area contributed by atoms with Crippen molar-refractivity contribution in [2.75, 3.05) is 18.1 Å². The van der Waals surface area contributed by atoms with Crippen molar-refractivity contribution >= 4 is 21.6 Å². The van der Waals surface area contributed by atoms with Gasteiger partial charge in [-0.3, -0.25) is 0 Å². The van der Waals surface area contributed by atoms with Crippen LogP contribution in [0.4, 0.5) is 10.5 Å². The Morgan fingerprint density at radius 2 is 1.86 bits per heavy atom. The van der Waals surface area contributed by atoms with Gasteiger partial charge in [-0.05, 0) is 23.6 Å². The molecule has 22 heavy (non-hydrogen) atoms. The molecule has 0 saturated carbocycles. The number of aliphatic hydroxyl groups excluding tert-OH is 1. The Balaban J connectivity index is 2.48. The molecule has 0 aromatic heterocycles. The number of carbonyl (C=O) groups is 1. The number of sulfone groups is 1.